The minimum atomic E-state index is 0.802. The predicted molar refractivity (Wildman–Crippen MR) is 42.5 cm³/mol. The van der Waals surface area contributed by atoms with E-state index in [2.05, 4.69) is 13.5 Å². The SMILES string of the molecule is C=C(C)OC1=C(C)CCC1. The van der Waals surface area contributed by atoms with Crippen LogP contribution in [0.15, 0.2) is 23.7 Å². The summed E-state index contributed by atoms with van der Waals surface area (Å²) < 4.78 is 5.41. The molecule has 0 amide bonds. The van der Waals surface area contributed by atoms with Crippen LogP contribution < -0.4 is 0 Å². The maximum atomic E-state index is 5.41. The summed E-state index contributed by atoms with van der Waals surface area (Å²) >= 11 is 0. The Morgan fingerprint density at radius 1 is 1.50 bits per heavy atom. The first kappa shape index (κ1) is 7.39. The molecule has 1 heteroatoms. The second-order valence-electron chi connectivity index (χ2n) is 2.86. The van der Waals surface area contributed by atoms with Crippen LogP contribution in [-0.2, 0) is 4.74 Å². The molecule has 0 aromatic rings. The molecule has 0 N–H and O–H groups in total. The van der Waals surface area contributed by atoms with E-state index in [-0.39, 0.29) is 0 Å². The predicted octanol–water partition coefficient (Wildman–Crippen LogP) is 2.99. The molecule has 0 heterocycles. The molecular formula is C9H14O. The molecule has 0 aromatic heterocycles. The minimum Gasteiger partial charge on any atom is -0.467 e. The lowest BCUT2D eigenvalue weighted by molar-refractivity contribution is 0.297. The monoisotopic (exact) mass is 138 g/mol. The molecule has 0 saturated carbocycles. The first-order valence-electron chi connectivity index (χ1n) is 3.72. The Hall–Kier alpha value is -0.720. The van der Waals surface area contributed by atoms with E-state index in [1.807, 2.05) is 6.92 Å². The van der Waals surface area contributed by atoms with Gasteiger partial charge in [-0.2, -0.15) is 0 Å². The highest BCUT2D eigenvalue weighted by Gasteiger charge is 2.11. The van der Waals surface area contributed by atoms with Crippen LogP contribution >= 0.6 is 0 Å². The van der Waals surface area contributed by atoms with Gasteiger partial charge in [-0.15, -0.1) is 0 Å². The Balaban J connectivity index is 2.54. The van der Waals surface area contributed by atoms with Gasteiger partial charge in [0.25, 0.3) is 0 Å². The van der Waals surface area contributed by atoms with Gasteiger partial charge < -0.3 is 4.74 Å². The zero-order valence-electron chi connectivity index (χ0n) is 6.74. The fourth-order valence-electron chi connectivity index (χ4n) is 1.22. The Bertz CT molecular complexity index is 177. The number of hydrogen-bond acceptors (Lipinski definition) is 1. The Morgan fingerprint density at radius 3 is 2.60 bits per heavy atom. The molecule has 0 radical (unpaired) electrons. The normalized spacial score (nSPS) is 17.8. The lowest BCUT2D eigenvalue weighted by Crippen LogP contribution is -1.86. The number of rotatable bonds is 2. The van der Waals surface area contributed by atoms with Crippen LogP contribution in [0, 0.1) is 0 Å². The lowest BCUT2D eigenvalue weighted by Gasteiger charge is -2.05. The summed E-state index contributed by atoms with van der Waals surface area (Å²) in [6.45, 7) is 7.71. The van der Waals surface area contributed by atoms with Gasteiger partial charge in [0.1, 0.15) is 5.76 Å². The maximum absolute atomic E-state index is 5.41. The van der Waals surface area contributed by atoms with Crippen LogP contribution in [0.1, 0.15) is 33.1 Å². The second kappa shape index (κ2) is 2.91. The molecule has 1 aliphatic rings. The van der Waals surface area contributed by atoms with Crippen molar-refractivity contribution in [3.63, 3.8) is 0 Å². The third-order valence-electron chi connectivity index (χ3n) is 1.73. The van der Waals surface area contributed by atoms with Gasteiger partial charge in [0.2, 0.25) is 0 Å². The summed E-state index contributed by atoms with van der Waals surface area (Å²) in [7, 11) is 0. The topological polar surface area (TPSA) is 9.23 Å². The molecule has 0 atom stereocenters. The van der Waals surface area contributed by atoms with Gasteiger partial charge in [-0.25, -0.2) is 0 Å². The number of ether oxygens (including phenoxy) is 1. The van der Waals surface area contributed by atoms with Crippen LogP contribution in [-0.4, -0.2) is 0 Å². The third-order valence-corrected chi connectivity index (χ3v) is 1.73. The van der Waals surface area contributed by atoms with E-state index in [1.54, 1.807) is 0 Å². The quantitative estimate of drug-likeness (QED) is 0.533. The van der Waals surface area contributed by atoms with Gasteiger partial charge in [0.05, 0.1) is 5.76 Å². The van der Waals surface area contributed by atoms with E-state index >= 15 is 0 Å². The first-order valence-corrected chi connectivity index (χ1v) is 3.72. The van der Waals surface area contributed by atoms with E-state index in [9.17, 15) is 0 Å². The highest BCUT2D eigenvalue weighted by Crippen LogP contribution is 2.27. The molecule has 1 rings (SSSR count). The highest BCUT2D eigenvalue weighted by molar-refractivity contribution is 5.13. The van der Waals surface area contributed by atoms with Crippen LogP contribution in [0.2, 0.25) is 0 Å². The Labute approximate surface area is 62.4 Å². The van der Waals surface area contributed by atoms with E-state index < -0.39 is 0 Å². The zero-order chi connectivity index (χ0) is 7.56. The van der Waals surface area contributed by atoms with Gasteiger partial charge >= 0.3 is 0 Å². The van der Waals surface area contributed by atoms with Crippen molar-refractivity contribution in [2.24, 2.45) is 0 Å². The summed E-state index contributed by atoms with van der Waals surface area (Å²) in [5.74, 6) is 1.95. The molecule has 1 nitrogen and oxygen atoms in total. The molecule has 0 unspecified atom stereocenters. The molecule has 10 heavy (non-hydrogen) atoms. The molecular weight excluding hydrogens is 124 g/mol. The van der Waals surface area contributed by atoms with Crippen LogP contribution in [0.25, 0.3) is 0 Å². The van der Waals surface area contributed by atoms with Gasteiger partial charge in [0.15, 0.2) is 0 Å². The summed E-state index contributed by atoms with van der Waals surface area (Å²) in [5, 5.41) is 0. The average Bonchev–Trinajstić information content (AvgIpc) is 2.15. The van der Waals surface area contributed by atoms with Crippen molar-refractivity contribution in [2.75, 3.05) is 0 Å². The van der Waals surface area contributed by atoms with Crippen molar-refractivity contribution >= 4 is 0 Å². The van der Waals surface area contributed by atoms with Gasteiger partial charge in [-0.05, 0) is 32.3 Å². The standard InChI is InChI=1S/C9H14O/c1-7(2)10-9-6-4-5-8(9)3/h1,4-6H2,2-3H3. The highest BCUT2D eigenvalue weighted by atomic mass is 16.5. The molecule has 0 bridgehead atoms. The van der Waals surface area contributed by atoms with E-state index in [0.29, 0.717) is 0 Å². The van der Waals surface area contributed by atoms with Gasteiger partial charge in [-0.3, -0.25) is 0 Å². The number of allylic oxidation sites excluding steroid dienone is 3. The summed E-state index contributed by atoms with van der Waals surface area (Å²) in [6, 6.07) is 0. The summed E-state index contributed by atoms with van der Waals surface area (Å²) in [5.41, 5.74) is 1.39. The maximum Gasteiger partial charge on any atom is 0.102 e. The molecule has 0 saturated heterocycles. The zero-order valence-corrected chi connectivity index (χ0v) is 6.74. The molecule has 0 aliphatic heterocycles. The van der Waals surface area contributed by atoms with Gasteiger partial charge in [-0.1, -0.05) is 6.58 Å². The fraction of sp³-hybridized carbons (Fsp3) is 0.556. The van der Waals surface area contributed by atoms with Gasteiger partial charge in [0, 0.05) is 6.42 Å². The van der Waals surface area contributed by atoms with Crippen molar-refractivity contribution in [3.05, 3.63) is 23.7 Å². The largest absolute Gasteiger partial charge is 0.467 e. The van der Waals surface area contributed by atoms with Crippen LogP contribution in [0.4, 0.5) is 0 Å². The van der Waals surface area contributed by atoms with E-state index in [1.165, 1.54) is 18.4 Å². The molecule has 0 fully saturated rings. The smallest absolute Gasteiger partial charge is 0.102 e. The van der Waals surface area contributed by atoms with E-state index in [0.717, 1.165) is 17.9 Å². The molecule has 56 valence electrons. The molecule has 1 aliphatic carbocycles. The Morgan fingerprint density at radius 2 is 2.20 bits per heavy atom. The number of hydrogen-bond donors (Lipinski definition) is 0. The summed E-state index contributed by atoms with van der Waals surface area (Å²) in [4.78, 5) is 0. The van der Waals surface area contributed by atoms with Crippen LogP contribution in [0.3, 0.4) is 0 Å². The fourth-order valence-corrected chi connectivity index (χ4v) is 1.22. The average molecular weight is 138 g/mol. The van der Waals surface area contributed by atoms with Crippen molar-refractivity contribution in [1.82, 2.24) is 0 Å². The third kappa shape index (κ3) is 1.63. The minimum absolute atomic E-state index is 0.802. The molecule has 0 aromatic carbocycles. The van der Waals surface area contributed by atoms with Crippen LogP contribution in [0.5, 0.6) is 0 Å². The van der Waals surface area contributed by atoms with E-state index in [4.69, 9.17) is 4.74 Å². The van der Waals surface area contributed by atoms with Crippen molar-refractivity contribution < 1.29 is 4.74 Å². The first-order chi connectivity index (χ1) is 4.70. The summed E-state index contributed by atoms with van der Waals surface area (Å²) in [6.07, 6.45) is 3.54. The lowest BCUT2D eigenvalue weighted by atomic mass is 10.3. The Kier molecular flexibility index (Phi) is 2.15. The van der Waals surface area contributed by atoms with Crippen molar-refractivity contribution in [1.29, 1.82) is 0 Å². The van der Waals surface area contributed by atoms with Crippen molar-refractivity contribution in [2.45, 2.75) is 33.1 Å². The second-order valence-corrected chi connectivity index (χ2v) is 2.86. The van der Waals surface area contributed by atoms with Crippen molar-refractivity contribution in [3.8, 4) is 0 Å². The molecule has 0 spiro atoms.